The molecule has 0 aromatic heterocycles. The molecular formula is C28H36N6O2S. The number of nitrogens with two attached hydrogens (primary N) is 2. The van der Waals surface area contributed by atoms with E-state index in [2.05, 4.69) is 58.7 Å². The number of hydrogen-bond donors (Lipinski definition) is 6. The molecule has 196 valence electrons. The predicted molar refractivity (Wildman–Crippen MR) is 153 cm³/mol. The molecule has 37 heavy (non-hydrogen) atoms. The number of amidine groups is 1. The van der Waals surface area contributed by atoms with Crippen molar-refractivity contribution < 1.29 is 9.59 Å². The van der Waals surface area contributed by atoms with Crippen LogP contribution in [-0.2, 0) is 28.3 Å². The highest BCUT2D eigenvalue weighted by molar-refractivity contribution is 7.96. The fraction of sp³-hybridized carbons (Fsp3) is 0.250. The van der Waals surface area contributed by atoms with E-state index in [0.29, 0.717) is 24.6 Å². The molecule has 3 aromatic carbocycles. The van der Waals surface area contributed by atoms with E-state index in [9.17, 15) is 9.59 Å². The average Bonchev–Trinajstić information content (AvgIpc) is 2.91. The number of aryl methyl sites for hydroxylation is 1. The third kappa shape index (κ3) is 12.6. The Morgan fingerprint density at radius 2 is 1.70 bits per heavy atom. The van der Waals surface area contributed by atoms with E-state index in [1.807, 2.05) is 18.2 Å². The monoisotopic (exact) mass is 520 g/mol. The third-order valence-electron chi connectivity index (χ3n) is 5.28. The van der Waals surface area contributed by atoms with Crippen LogP contribution in [0.1, 0.15) is 35.6 Å². The first-order valence-corrected chi connectivity index (χ1v) is 13.0. The van der Waals surface area contributed by atoms with E-state index in [-0.39, 0.29) is 18.3 Å². The van der Waals surface area contributed by atoms with Crippen LogP contribution in [0.15, 0.2) is 78.9 Å². The molecule has 1 unspecified atom stereocenters. The van der Waals surface area contributed by atoms with Crippen LogP contribution < -0.4 is 26.8 Å². The maximum atomic E-state index is 11.2. The molecule has 0 saturated carbocycles. The minimum atomic E-state index is -0.257. The number of amides is 2. The quantitative estimate of drug-likeness (QED) is 0.0670. The summed E-state index contributed by atoms with van der Waals surface area (Å²) in [5.41, 5.74) is 16.1. The third-order valence-corrected chi connectivity index (χ3v) is 6.33. The second-order valence-electron chi connectivity index (χ2n) is 8.46. The molecule has 0 aliphatic carbocycles. The van der Waals surface area contributed by atoms with Crippen LogP contribution in [0.2, 0.25) is 0 Å². The summed E-state index contributed by atoms with van der Waals surface area (Å²) in [6.45, 7) is 2.57. The zero-order valence-corrected chi connectivity index (χ0v) is 21.9. The van der Waals surface area contributed by atoms with Crippen molar-refractivity contribution in [3.8, 4) is 0 Å². The molecule has 0 radical (unpaired) electrons. The molecule has 2 amide bonds. The Kier molecular flexibility index (Phi) is 13.3. The molecule has 0 bridgehead atoms. The van der Waals surface area contributed by atoms with Crippen molar-refractivity contribution in [2.45, 2.75) is 38.1 Å². The van der Waals surface area contributed by atoms with E-state index in [1.54, 1.807) is 36.2 Å². The molecule has 0 heterocycles. The Balaban J connectivity index is 0.000000264. The van der Waals surface area contributed by atoms with Gasteiger partial charge in [-0.25, -0.2) is 0 Å². The first-order valence-electron chi connectivity index (χ1n) is 12.0. The molecule has 3 aromatic rings. The van der Waals surface area contributed by atoms with Gasteiger partial charge in [0.05, 0.1) is 6.54 Å². The van der Waals surface area contributed by atoms with Crippen molar-refractivity contribution in [1.82, 2.24) is 15.4 Å². The van der Waals surface area contributed by atoms with Crippen LogP contribution in [0.4, 0.5) is 5.69 Å². The summed E-state index contributed by atoms with van der Waals surface area (Å²) in [7, 11) is 0. The van der Waals surface area contributed by atoms with Gasteiger partial charge in [-0.1, -0.05) is 78.7 Å². The fourth-order valence-corrected chi connectivity index (χ4v) is 4.07. The van der Waals surface area contributed by atoms with Crippen molar-refractivity contribution in [3.05, 3.63) is 101 Å². The van der Waals surface area contributed by atoms with Gasteiger partial charge in [-0.15, -0.1) is 0 Å². The number of nitrogens with one attached hydrogen (secondary N) is 4. The Hall–Kier alpha value is -3.82. The highest BCUT2D eigenvalue weighted by Gasteiger charge is 2.03. The number of carbonyl (C=O) groups excluding carboxylic acids is 2. The van der Waals surface area contributed by atoms with Crippen molar-refractivity contribution >= 4 is 35.8 Å². The zero-order chi connectivity index (χ0) is 26.9. The smallest absolute Gasteiger partial charge is 0.239 e. The standard InChI is InChI=1S/C17H22N2S.C11H14N4O2/c1-14(10-11-15-6-3-2-4-7-15)19-20-13-16-8-5-9-17(18)12-16;12-11(13)9-3-1-8(2-4-9)5-15-10(17)6-14-7-16/h2-9,12,14,19H,10-11,13,18H2,1H3;1-4,7H,5-6H2,(H3,12,13)(H,14,16)(H,15,17). The summed E-state index contributed by atoms with van der Waals surface area (Å²) in [5.74, 6) is 0.698. The first kappa shape index (κ1) is 29.4. The van der Waals surface area contributed by atoms with Crippen LogP contribution in [0.3, 0.4) is 0 Å². The van der Waals surface area contributed by atoms with Crippen LogP contribution >= 0.6 is 11.9 Å². The summed E-state index contributed by atoms with van der Waals surface area (Å²) in [6.07, 6.45) is 2.74. The molecule has 0 saturated heterocycles. The summed E-state index contributed by atoms with van der Waals surface area (Å²) >= 11 is 1.75. The van der Waals surface area contributed by atoms with Crippen molar-refractivity contribution in [1.29, 1.82) is 5.41 Å². The summed E-state index contributed by atoms with van der Waals surface area (Å²) in [4.78, 5) is 21.1. The lowest BCUT2D eigenvalue weighted by Crippen LogP contribution is -2.32. The van der Waals surface area contributed by atoms with Gasteiger partial charge in [-0.05, 0) is 48.6 Å². The number of carbonyl (C=O) groups is 2. The van der Waals surface area contributed by atoms with Gasteiger partial charge in [0.2, 0.25) is 12.3 Å². The Bertz CT molecular complexity index is 1110. The van der Waals surface area contributed by atoms with Gasteiger partial charge in [0, 0.05) is 29.6 Å². The maximum Gasteiger partial charge on any atom is 0.239 e. The van der Waals surface area contributed by atoms with Crippen LogP contribution in [-0.4, -0.2) is 30.7 Å². The van der Waals surface area contributed by atoms with Crippen molar-refractivity contribution in [2.24, 2.45) is 5.73 Å². The summed E-state index contributed by atoms with van der Waals surface area (Å²) < 4.78 is 3.50. The van der Waals surface area contributed by atoms with Gasteiger partial charge >= 0.3 is 0 Å². The number of hydrogen-bond acceptors (Lipinski definition) is 6. The van der Waals surface area contributed by atoms with E-state index in [0.717, 1.165) is 29.8 Å². The Morgan fingerprint density at radius 3 is 2.35 bits per heavy atom. The van der Waals surface area contributed by atoms with Crippen molar-refractivity contribution in [3.63, 3.8) is 0 Å². The summed E-state index contributed by atoms with van der Waals surface area (Å²) in [6, 6.07) is 26.2. The molecule has 9 heteroatoms. The number of anilines is 1. The van der Waals surface area contributed by atoms with Gasteiger partial charge in [0.1, 0.15) is 5.84 Å². The zero-order valence-electron chi connectivity index (χ0n) is 21.1. The average molecular weight is 521 g/mol. The largest absolute Gasteiger partial charge is 0.399 e. The van der Waals surface area contributed by atoms with Gasteiger partial charge in [0.25, 0.3) is 0 Å². The van der Waals surface area contributed by atoms with E-state index in [1.165, 1.54) is 11.1 Å². The molecule has 0 fully saturated rings. The van der Waals surface area contributed by atoms with E-state index >= 15 is 0 Å². The van der Waals surface area contributed by atoms with Crippen LogP contribution in [0.25, 0.3) is 0 Å². The first-order chi connectivity index (χ1) is 17.9. The summed E-state index contributed by atoms with van der Waals surface area (Å²) in [5, 5.41) is 12.1. The van der Waals surface area contributed by atoms with Crippen molar-refractivity contribution in [2.75, 3.05) is 12.3 Å². The number of benzene rings is 3. The lowest BCUT2D eigenvalue weighted by Gasteiger charge is -2.13. The SMILES string of the molecule is CC(CCc1ccccc1)NSCc1cccc(N)c1.N=C(N)c1ccc(CNC(=O)CNC=O)cc1. The molecule has 8 nitrogen and oxygen atoms in total. The molecule has 8 N–H and O–H groups in total. The molecule has 3 rings (SSSR count). The normalized spacial score (nSPS) is 10.9. The molecular weight excluding hydrogens is 484 g/mol. The Morgan fingerprint density at radius 1 is 1.00 bits per heavy atom. The van der Waals surface area contributed by atoms with E-state index in [4.69, 9.17) is 16.9 Å². The lowest BCUT2D eigenvalue weighted by atomic mass is 10.1. The minimum Gasteiger partial charge on any atom is -0.399 e. The van der Waals surface area contributed by atoms with E-state index < -0.39 is 0 Å². The highest BCUT2D eigenvalue weighted by atomic mass is 32.2. The van der Waals surface area contributed by atoms with Crippen LogP contribution in [0, 0.1) is 5.41 Å². The lowest BCUT2D eigenvalue weighted by molar-refractivity contribution is -0.122. The molecule has 0 aliphatic heterocycles. The number of rotatable bonds is 13. The molecule has 0 aliphatic rings. The second-order valence-corrected chi connectivity index (χ2v) is 9.28. The Labute approximate surface area is 223 Å². The fourth-order valence-electron chi connectivity index (χ4n) is 3.24. The second kappa shape index (κ2) is 16.8. The van der Waals surface area contributed by atoms with Crippen LogP contribution in [0.5, 0.6) is 0 Å². The predicted octanol–water partition coefficient (Wildman–Crippen LogP) is 3.36. The maximum absolute atomic E-state index is 11.2. The molecule has 1 atom stereocenters. The van der Waals surface area contributed by atoms with Gasteiger partial charge in [0.15, 0.2) is 0 Å². The number of nitrogen functional groups attached to an aromatic ring is 2. The highest BCUT2D eigenvalue weighted by Crippen LogP contribution is 2.14. The molecule has 0 spiro atoms. The minimum absolute atomic E-state index is 0.00997. The van der Waals surface area contributed by atoms with Gasteiger partial charge in [-0.2, -0.15) is 0 Å². The van der Waals surface area contributed by atoms with Gasteiger partial charge in [-0.3, -0.25) is 19.7 Å². The van der Waals surface area contributed by atoms with Gasteiger partial charge < -0.3 is 22.1 Å². The topological polar surface area (TPSA) is 146 Å².